The van der Waals surface area contributed by atoms with Gasteiger partial charge in [-0.25, -0.2) is 13.2 Å². The number of nitrogens with one attached hydrogen (secondary N) is 2. The van der Waals surface area contributed by atoms with Crippen molar-refractivity contribution in [1.82, 2.24) is 30.1 Å². The molecule has 0 spiro atoms. The second-order valence-electron chi connectivity index (χ2n) is 10.7. The van der Waals surface area contributed by atoms with E-state index in [4.69, 9.17) is 0 Å². The number of pyridine rings is 1. The molecule has 2 aromatic heterocycles. The Labute approximate surface area is 245 Å². The fraction of sp³-hybridized carbons (Fsp3) is 0.400. The van der Waals surface area contributed by atoms with E-state index in [0.717, 1.165) is 34.6 Å². The summed E-state index contributed by atoms with van der Waals surface area (Å²) in [5.41, 5.74) is 2.15. The first-order valence-electron chi connectivity index (χ1n) is 14.4. The molecule has 0 aliphatic heterocycles. The van der Waals surface area contributed by atoms with Crippen LogP contribution in [0.4, 0.5) is 5.69 Å². The number of anilines is 1. The summed E-state index contributed by atoms with van der Waals surface area (Å²) in [6.07, 6.45) is 10.4. The van der Waals surface area contributed by atoms with Crippen LogP contribution in [0, 0.1) is 5.92 Å². The van der Waals surface area contributed by atoms with Gasteiger partial charge >= 0.3 is 5.69 Å². The lowest BCUT2D eigenvalue weighted by atomic mass is 10.0. The van der Waals surface area contributed by atoms with Crippen molar-refractivity contribution in [2.24, 2.45) is 5.92 Å². The lowest BCUT2D eigenvalue weighted by molar-refractivity contribution is 0.174. The van der Waals surface area contributed by atoms with Gasteiger partial charge in [-0.15, -0.1) is 0 Å². The fourth-order valence-electron chi connectivity index (χ4n) is 5.30. The van der Waals surface area contributed by atoms with E-state index in [1.54, 1.807) is 42.7 Å². The molecule has 3 N–H and O–H groups in total. The Bertz CT molecular complexity index is 1600. The molecule has 0 amide bonds. The first-order chi connectivity index (χ1) is 20.4. The van der Waals surface area contributed by atoms with Crippen LogP contribution < -0.4 is 15.7 Å². The Balaban J connectivity index is 1.14. The van der Waals surface area contributed by atoms with Gasteiger partial charge in [0.25, 0.3) is 10.0 Å². The number of tetrazole rings is 1. The van der Waals surface area contributed by atoms with E-state index in [1.165, 1.54) is 42.5 Å². The van der Waals surface area contributed by atoms with Crippen molar-refractivity contribution in [1.29, 1.82) is 0 Å². The molecule has 0 bridgehead atoms. The Morgan fingerprint density at radius 1 is 1.02 bits per heavy atom. The van der Waals surface area contributed by atoms with Crippen LogP contribution in [0.2, 0.25) is 0 Å². The van der Waals surface area contributed by atoms with Crippen molar-refractivity contribution in [3.8, 4) is 5.69 Å². The molecule has 0 radical (unpaired) electrons. The number of aryl methyl sites for hydroxylation is 1. The number of aliphatic hydroxyl groups is 1. The highest BCUT2D eigenvalue weighted by atomic mass is 32.2. The number of nitrogens with zero attached hydrogens (tertiary/aromatic N) is 5. The van der Waals surface area contributed by atoms with Crippen LogP contribution in [0.25, 0.3) is 5.69 Å². The molecule has 1 aliphatic rings. The number of rotatable bonds is 14. The SMILES string of the molecule is O=c1n(CCCC2CCCC2)nnn1-c1cccc(S(=O)(=O)Nc2ccc(CCNCC(O)c3cccnc3)cc2)c1. The van der Waals surface area contributed by atoms with Crippen molar-refractivity contribution >= 4 is 15.7 Å². The molecule has 11 nitrogen and oxygen atoms in total. The second-order valence-corrected chi connectivity index (χ2v) is 12.4. The number of aromatic nitrogens is 5. The molecule has 1 atom stereocenters. The molecule has 1 aliphatic carbocycles. The minimum Gasteiger partial charge on any atom is -0.387 e. The molecule has 42 heavy (non-hydrogen) atoms. The number of sulfonamides is 1. The van der Waals surface area contributed by atoms with Crippen LogP contribution in [0.5, 0.6) is 0 Å². The summed E-state index contributed by atoms with van der Waals surface area (Å²) in [5.74, 6) is 0.738. The first kappa shape index (κ1) is 29.6. The van der Waals surface area contributed by atoms with Crippen LogP contribution in [0.3, 0.4) is 0 Å². The van der Waals surface area contributed by atoms with E-state index in [0.29, 0.717) is 37.4 Å². The summed E-state index contributed by atoms with van der Waals surface area (Å²) in [7, 11) is -3.91. The Kier molecular flexibility index (Phi) is 9.78. The topological polar surface area (TPSA) is 144 Å². The predicted octanol–water partition coefficient (Wildman–Crippen LogP) is 3.46. The van der Waals surface area contributed by atoms with Gasteiger partial charge in [-0.3, -0.25) is 9.71 Å². The summed E-state index contributed by atoms with van der Waals surface area (Å²) in [5, 5.41) is 21.4. The molecule has 12 heteroatoms. The van der Waals surface area contributed by atoms with Crippen LogP contribution in [-0.4, -0.2) is 51.4 Å². The van der Waals surface area contributed by atoms with Crippen LogP contribution >= 0.6 is 0 Å². The van der Waals surface area contributed by atoms with E-state index in [1.807, 2.05) is 18.2 Å². The summed E-state index contributed by atoms with van der Waals surface area (Å²) < 4.78 is 31.4. The van der Waals surface area contributed by atoms with E-state index in [2.05, 4.69) is 25.4 Å². The van der Waals surface area contributed by atoms with Gasteiger partial charge in [0, 0.05) is 36.7 Å². The largest absolute Gasteiger partial charge is 0.387 e. The smallest absolute Gasteiger partial charge is 0.368 e. The number of hydrogen-bond acceptors (Lipinski definition) is 8. The second kappa shape index (κ2) is 13.9. The monoisotopic (exact) mass is 591 g/mol. The van der Waals surface area contributed by atoms with E-state index in [-0.39, 0.29) is 10.6 Å². The Morgan fingerprint density at radius 2 is 1.83 bits per heavy atom. The fourth-order valence-corrected chi connectivity index (χ4v) is 6.40. The molecule has 1 fully saturated rings. The number of benzene rings is 2. The lowest BCUT2D eigenvalue weighted by Crippen LogP contribution is -2.25. The molecule has 2 aromatic carbocycles. The lowest BCUT2D eigenvalue weighted by Gasteiger charge is -2.12. The Hall–Kier alpha value is -3.87. The molecule has 4 aromatic rings. The summed E-state index contributed by atoms with van der Waals surface area (Å²) in [6, 6.07) is 16.9. The van der Waals surface area contributed by atoms with Gasteiger partial charge in [0.1, 0.15) is 0 Å². The van der Waals surface area contributed by atoms with Gasteiger partial charge < -0.3 is 10.4 Å². The zero-order valence-electron chi connectivity index (χ0n) is 23.5. The number of aliphatic hydroxyl groups excluding tert-OH is 1. The van der Waals surface area contributed by atoms with Gasteiger partial charge in [-0.1, -0.05) is 49.9 Å². The molecule has 1 saturated carbocycles. The summed E-state index contributed by atoms with van der Waals surface area (Å²) >= 11 is 0. The van der Waals surface area contributed by atoms with E-state index < -0.39 is 16.1 Å². The predicted molar refractivity (Wildman–Crippen MR) is 160 cm³/mol. The summed E-state index contributed by atoms with van der Waals surface area (Å²) in [4.78, 5) is 16.9. The average molecular weight is 592 g/mol. The molecular weight excluding hydrogens is 554 g/mol. The van der Waals surface area contributed by atoms with E-state index >= 15 is 0 Å². The molecular formula is C30H37N7O4S. The standard InChI is InChI=1S/C30H37N7O4S/c38-29(25-9-4-17-31-21-25)22-32-18-16-24-12-14-26(15-13-24)33-42(40,41)28-11-3-10-27(20-28)37-30(39)36(34-35-37)19-5-8-23-6-1-2-7-23/h3-4,9-15,17,20-21,23,29,32-33,38H,1-2,5-8,16,18-19,22H2. The minimum atomic E-state index is -3.91. The number of hydrogen-bond donors (Lipinski definition) is 3. The van der Waals surface area contributed by atoms with Gasteiger partial charge in [-0.05, 0) is 84.1 Å². The zero-order valence-corrected chi connectivity index (χ0v) is 24.3. The van der Waals surface area contributed by atoms with Crippen LogP contribution in [-0.2, 0) is 23.0 Å². The maximum Gasteiger partial charge on any atom is 0.368 e. The normalized spacial score (nSPS) is 14.7. The van der Waals surface area contributed by atoms with Gasteiger partial charge in [0.15, 0.2) is 0 Å². The van der Waals surface area contributed by atoms with Crippen molar-refractivity contribution in [3.63, 3.8) is 0 Å². The highest BCUT2D eigenvalue weighted by molar-refractivity contribution is 7.92. The third-order valence-corrected chi connectivity index (χ3v) is 9.05. The van der Waals surface area contributed by atoms with Gasteiger partial charge in [0.05, 0.1) is 16.7 Å². The minimum absolute atomic E-state index is 0.0168. The molecule has 0 saturated heterocycles. The third-order valence-electron chi connectivity index (χ3n) is 7.67. The van der Waals surface area contributed by atoms with Crippen molar-refractivity contribution in [2.75, 3.05) is 17.8 Å². The summed E-state index contributed by atoms with van der Waals surface area (Å²) in [6.45, 7) is 1.56. The maximum absolute atomic E-state index is 13.1. The third kappa shape index (κ3) is 7.69. The van der Waals surface area contributed by atoms with Gasteiger partial charge in [-0.2, -0.15) is 9.36 Å². The van der Waals surface area contributed by atoms with Crippen LogP contribution in [0.1, 0.15) is 55.8 Å². The van der Waals surface area contributed by atoms with Gasteiger partial charge in [0.2, 0.25) is 0 Å². The Morgan fingerprint density at radius 3 is 2.60 bits per heavy atom. The average Bonchev–Trinajstić information content (AvgIpc) is 3.66. The van der Waals surface area contributed by atoms with Crippen molar-refractivity contribution in [2.45, 2.75) is 62.5 Å². The first-order valence-corrected chi connectivity index (χ1v) is 15.9. The van der Waals surface area contributed by atoms with Crippen LogP contribution in [0.15, 0.2) is 82.7 Å². The molecule has 222 valence electrons. The highest BCUT2D eigenvalue weighted by Gasteiger charge is 2.18. The molecule has 2 heterocycles. The zero-order chi connectivity index (χ0) is 29.4. The molecule has 1 unspecified atom stereocenters. The maximum atomic E-state index is 13.1. The van der Waals surface area contributed by atoms with E-state index in [9.17, 15) is 18.3 Å². The quantitative estimate of drug-likeness (QED) is 0.189. The molecule has 5 rings (SSSR count). The highest BCUT2D eigenvalue weighted by Crippen LogP contribution is 2.28. The van der Waals surface area contributed by atoms with Crippen molar-refractivity contribution in [3.05, 3.63) is 94.7 Å². The van der Waals surface area contributed by atoms with Crippen molar-refractivity contribution < 1.29 is 13.5 Å².